The van der Waals surface area contributed by atoms with Crippen molar-refractivity contribution in [1.82, 2.24) is 4.48 Å². The highest BCUT2D eigenvalue weighted by atomic mass is 16.4. The molecule has 0 bridgehead atoms. The van der Waals surface area contributed by atoms with Crippen LogP contribution in [-0.2, 0) is 0 Å². The molecule has 2 aromatic carbocycles. The molecule has 29 heavy (non-hydrogen) atoms. The van der Waals surface area contributed by atoms with E-state index in [4.69, 9.17) is 0 Å². The van der Waals surface area contributed by atoms with Gasteiger partial charge in [-0.25, -0.2) is 4.79 Å². The first-order valence-corrected chi connectivity index (χ1v) is 10.5. The first-order chi connectivity index (χ1) is 13.9. The third-order valence-electron chi connectivity index (χ3n) is 5.83. The summed E-state index contributed by atoms with van der Waals surface area (Å²) < 4.78 is 0.747. The van der Waals surface area contributed by atoms with E-state index in [9.17, 15) is 19.8 Å². The predicted molar refractivity (Wildman–Crippen MR) is 117 cm³/mol. The lowest BCUT2D eigenvalue weighted by molar-refractivity contribution is 0.0692. The number of carboxylic acid groups (broad SMARTS) is 1. The van der Waals surface area contributed by atoms with Crippen LogP contribution in [-0.4, -0.2) is 41.6 Å². The zero-order chi connectivity index (χ0) is 21.4. The summed E-state index contributed by atoms with van der Waals surface area (Å²) in [5, 5.41) is 20.0. The molecule has 2 rings (SSSR count). The minimum Gasteiger partial charge on any atom is -0.507 e. The Morgan fingerprint density at radius 2 is 1.52 bits per heavy atom. The van der Waals surface area contributed by atoms with Gasteiger partial charge in [0.2, 0.25) is 0 Å². The number of carbonyl (C=O) groups excluding carboxylic acids is 1. The highest BCUT2D eigenvalue weighted by Crippen LogP contribution is 2.32. The van der Waals surface area contributed by atoms with Gasteiger partial charge in [0.05, 0.1) is 30.8 Å². The van der Waals surface area contributed by atoms with Crippen molar-refractivity contribution in [1.29, 1.82) is 0 Å². The van der Waals surface area contributed by atoms with Crippen molar-refractivity contribution in [3.8, 4) is 5.75 Å². The largest absolute Gasteiger partial charge is 0.507 e. The van der Waals surface area contributed by atoms with E-state index in [1.807, 2.05) is 6.07 Å². The Hall–Kier alpha value is -2.66. The van der Waals surface area contributed by atoms with Gasteiger partial charge >= 0.3 is 5.97 Å². The highest BCUT2D eigenvalue weighted by Gasteiger charge is 2.28. The molecule has 5 heteroatoms. The molecule has 0 fully saturated rings. The molecule has 2 N–H and O–H groups in total. The molecule has 156 valence electrons. The fourth-order valence-corrected chi connectivity index (χ4v) is 3.90. The summed E-state index contributed by atoms with van der Waals surface area (Å²) in [5.74, 6) is -1.75. The molecule has 0 radical (unpaired) electrons. The number of aromatic carboxylic acids is 1. The van der Waals surface area contributed by atoms with Gasteiger partial charge in [-0.3, -0.25) is 9.28 Å². The number of phenols is 1. The molecule has 0 aliphatic heterocycles. The van der Waals surface area contributed by atoms with Gasteiger partial charge in [0, 0.05) is 17.7 Å². The summed E-state index contributed by atoms with van der Waals surface area (Å²) in [4.78, 5) is 24.3. The van der Waals surface area contributed by atoms with E-state index in [0.29, 0.717) is 0 Å². The van der Waals surface area contributed by atoms with E-state index < -0.39 is 11.8 Å². The molecular formula is C24H32NO4+. The predicted octanol–water partition coefficient (Wildman–Crippen LogP) is 5.25. The lowest BCUT2D eigenvalue weighted by atomic mass is 9.97. The van der Waals surface area contributed by atoms with Crippen LogP contribution >= 0.6 is 0 Å². The Balaban J connectivity index is 2.36. The van der Waals surface area contributed by atoms with E-state index in [0.717, 1.165) is 36.2 Å². The van der Waals surface area contributed by atoms with Crippen molar-refractivity contribution in [3.63, 3.8) is 0 Å². The molecule has 0 saturated carbocycles. The molecule has 0 unspecified atom stereocenters. The van der Waals surface area contributed by atoms with Crippen molar-refractivity contribution < 1.29 is 19.8 Å². The lowest BCUT2D eigenvalue weighted by Gasteiger charge is -2.36. The van der Waals surface area contributed by atoms with E-state index in [2.05, 4.69) is 20.8 Å². The normalized spacial score (nSPS) is 11.4. The summed E-state index contributed by atoms with van der Waals surface area (Å²) in [6.07, 6.45) is 4.71. The third kappa shape index (κ3) is 5.04. The first kappa shape index (κ1) is 22.6. The van der Waals surface area contributed by atoms with Crippen LogP contribution in [0.5, 0.6) is 5.75 Å². The molecule has 0 aliphatic rings. The van der Waals surface area contributed by atoms with E-state index in [1.165, 1.54) is 31.4 Å². The fraction of sp³-hybridized carbons (Fsp3) is 0.417. The molecule has 0 atom stereocenters. The van der Waals surface area contributed by atoms with Crippen molar-refractivity contribution in [2.75, 3.05) is 19.6 Å². The van der Waals surface area contributed by atoms with Crippen molar-refractivity contribution in [2.24, 2.45) is 0 Å². The second kappa shape index (κ2) is 10.2. The van der Waals surface area contributed by atoms with Gasteiger partial charge in [0.15, 0.2) is 5.78 Å². The lowest BCUT2D eigenvalue weighted by Crippen LogP contribution is -2.49. The summed E-state index contributed by atoms with van der Waals surface area (Å²) in [5.41, 5.74) is 1.12. The van der Waals surface area contributed by atoms with Crippen LogP contribution in [0.2, 0.25) is 0 Å². The van der Waals surface area contributed by atoms with Crippen LogP contribution in [0.1, 0.15) is 72.7 Å². The monoisotopic (exact) mass is 398 g/mol. The third-order valence-corrected chi connectivity index (χ3v) is 5.83. The van der Waals surface area contributed by atoms with Crippen molar-refractivity contribution >= 4 is 17.4 Å². The van der Waals surface area contributed by atoms with Gasteiger partial charge in [-0.15, -0.1) is 0 Å². The number of hydrogen-bond donors (Lipinski definition) is 2. The molecule has 2 aromatic rings. The highest BCUT2D eigenvalue weighted by molar-refractivity contribution is 6.15. The maximum atomic E-state index is 12.9. The SMILES string of the molecule is CCCCCC[N+](CC)(CC)c1ccc(C(=O)c2ccccc2C(=O)O)c(O)c1. The molecule has 0 spiro atoms. The molecular weight excluding hydrogens is 366 g/mol. The van der Waals surface area contributed by atoms with Crippen LogP contribution in [0, 0.1) is 0 Å². The van der Waals surface area contributed by atoms with Crippen LogP contribution < -0.4 is 4.48 Å². The molecule has 0 aromatic heterocycles. The first-order valence-electron chi connectivity index (χ1n) is 10.5. The number of carboxylic acids is 1. The Kier molecular flexibility index (Phi) is 7.97. The quantitative estimate of drug-likeness (QED) is 0.308. The maximum absolute atomic E-state index is 12.9. The number of phenolic OH excluding ortho intramolecular Hbond substituents is 1. The number of aromatic hydroxyl groups is 1. The Bertz CT molecular complexity index is 856. The molecule has 0 saturated heterocycles. The fourth-order valence-electron chi connectivity index (χ4n) is 3.90. The Labute approximate surface area is 173 Å². The number of benzene rings is 2. The van der Waals surface area contributed by atoms with Gasteiger partial charge in [-0.1, -0.05) is 38.0 Å². The number of rotatable bonds is 11. The zero-order valence-corrected chi connectivity index (χ0v) is 17.6. The summed E-state index contributed by atoms with van der Waals surface area (Å²) in [7, 11) is 0. The summed E-state index contributed by atoms with van der Waals surface area (Å²) >= 11 is 0. The number of unbranched alkanes of at least 4 members (excludes halogenated alkanes) is 3. The van der Waals surface area contributed by atoms with Crippen molar-refractivity contribution in [3.05, 3.63) is 59.2 Å². The minimum absolute atomic E-state index is 0.0656. The smallest absolute Gasteiger partial charge is 0.336 e. The standard InChI is InChI=1S/C24H31NO4/c1-4-7-8-11-16-25(5-2,6-3)18-14-15-21(22(26)17-18)23(27)19-12-9-10-13-20(19)24(28)29/h9-10,12-15,17H,4-8,11,16H2,1-3H3,(H-,26,27,28,29)/p+1. The second-order valence-corrected chi connectivity index (χ2v) is 7.44. The number of carbonyl (C=O) groups is 2. The molecule has 5 nitrogen and oxygen atoms in total. The van der Waals surface area contributed by atoms with Crippen LogP contribution in [0.15, 0.2) is 42.5 Å². The van der Waals surface area contributed by atoms with Crippen LogP contribution in [0.4, 0.5) is 5.69 Å². The van der Waals surface area contributed by atoms with Gasteiger partial charge in [0.25, 0.3) is 0 Å². The van der Waals surface area contributed by atoms with Gasteiger partial charge in [-0.05, 0) is 38.8 Å². The number of ketones is 1. The minimum atomic E-state index is -1.16. The summed E-state index contributed by atoms with van der Waals surface area (Å²) in [6.45, 7) is 9.26. The number of nitrogens with zero attached hydrogens (tertiary/aromatic N) is 1. The average Bonchev–Trinajstić information content (AvgIpc) is 2.74. The number of hydrogen-bond acceptors (Lipinski definition) is 3. The van der Waals surface area contributed by atoms with Gasteiger partial charge in [-0.2, -0.15) is 0 Å². The van der Waals surface area contributed by atoms with Gasteiger partial charge < -0.3 is 10.2 Å². The second-order valence-electron chi connectivity index (χ2n) is 7.44. The molecule has 0 aliphatic carbocycles. The topological polar surface area (TPSA) is 74.6 Å². The van der Waals surface area contributed by atoms with Crippen LogP contribution in [0.25, 0.3) is 0 Å². The van der Waals surface area contributed by atoms with E-state index >= 15 is 0 Å². The van der Waals surface area contributed by atoms with Gasteiger partial charge in [0.1, 0.15) is 11.4 Å². The maximum Gasteiger partial charge on any atom is 0.336 e. The Morgan fingerprint density at radius 3 is 2.07 bits per heavy atom. The van der Waals surface area contributed by atoms with E-state index in [1.54, 1.807) is 24.3 Å². The summed E-state index contributed by atoms with van der Waals surface area (Å²) in [6, 6.07) is 11.3. The molecule has 0 amide bonds. The average molecular weight is 399 g/mol. The van der Waals surface area contributed by atoms with E-state index in [-0.39, 0.29) is 22.4 Å². The number of quaternary nitrogens is 1. The molecule has 0 heterocycles. The van der Waals surface area contributed by atoms with Crippen LogP contribution in [0.3, 0.4) is 0 Å². The zero-order valence-electron chi connectivity index (χ0n) is 17.6. The Morgan fingerprint density at radius 1 is 0.862 bits per heavy atom. The van der Waals surface area contributed by atoms with Crippen molar-refractivity contribution in [2.45, 2.75) is 46.5 Å².